The van der Waals surface area contributed by atoms with Gasteiger partial charge >= 0.3 is 18.2 Å². The maximum atomic E-state index is 13.9. The molecule has 3 rings (SSSR count). The molecule has 1 aliphatic heterocycles. The summed E-state index contributed by atoms with van der Waals surface area (Å²) in [6.45, 7) is 1.24. The first-order valence-electron chi connectivity index (χ1n) is 11.3. The number of hydrogen-bond donors (Lipinski definition) is 2. The number of benzene rings is 2. The van der Waals surface area contributed by atoms with E-state index in [1.807, 2.05) is 0 Å². The van der Waals surface area contributed by atoms with E-state index in [2.05, 4.69) is 10.1 Å². The van der Waals surface area contributed by atoms with Crippen molar-refractivity contribution in [2.24, 2.45) is 5.92 Å². The monoisotopic (exact) mass is 562 g/mol. The lowest BCUT2D eigenvalue weighted by atomic mass is 9.90. The summed E-state index contributed by atoms with van der Waals surface area (Å²) in [5.41, 5.74) is -2.20. The summed E-state index contributed by atoms with van der Waals surface area (Å²) in [5.74, 6) is -2.52. The molecule has 1 aliphatic rings. The van der Waals surface area contributed by atoms with Gasteiger partial charge in [0.05, 0.1) is 17.7 Å². The number of carboxylic acids is 1. The van der Waals surface area contributed by atoms with E-state index in [4.69, 9.17) is 9.84 Å². The normalized spacial score (nSPS) is 16.0. The molecule has 1 amide bonds. The van der Waals surface area contributed by atoms with Gasteiger partial charge < -0.3 is 14.6 Å². The van der Waals surface area contributed by atoms with Crippen LogP contribution in [-0.4, -0.2) is 51.0 Å². The molecule has 0 saturated heterocycles. The molecule has 0 saturated carbocycles. The smallest absolute Gasteiger partial charge is 0.427 e. The summed E-state index contributed by atoms with van der Waals surface area (Å²) in [4.78, 5) is 23.0. The highest BCUT2D eigenvalue weighted by molar-refractivity contribution is 7.92. The van der Waals surface area contributed by atoms with Gasteiger partial charge in [-0.3, -0.25) is 14.4 Å². The van der Waals surface area contributed by atoms with Crippen molar-refractivity contribution < 1.29 is 50.1 Å². The number of carbonyl (C=O) groups is 2. The highest BCUT2D eigenvalue weighted by atomic mass is 32.2. The van der Waals surface area contributed by atoms with E-state index in [0.29, 0.717) is 25.8 Å². The van der Waals surface area contributed by atoms with Crippen molar-refractivity contribution in [2.45, 2.75) is 49.8 Å². The molecule has 1 heterocycles. The molecule has 0 spiro atoms. The average Bonchev–Trinajstić information content (AvgIpc) is 2.81. The van der Waals surface area contributed by atoms with Gasteiger partial charge in [0.1, 0.15) is 0 Å². The van der Waals surface area contributed by atoms with Crippen LogP contribution in [0.1, 0.15) is 32.3 Å². The zero-order chi connectivity index (χ0) is 28.5. The van der Waals surface area contributed by atoms with E-state index in [9.17, 15) is 35.6 Å². The number of alkyl halides is 3. The van der Waals surface area contributed by atoms with Gasteiger partial charge in [0.15, 0.2) is 11.6 Å². The number of ether oxygens (including phenoxy) is 2. The van der Waals surface area contributed by atoms with Gasteiger partial charge in [-0.15, -0.1) is 0 Å². The van der Waals surface area contributed by atoms with Crippen LogP contribution in [0.4, 0.5) is 33.7 Å². The SMILES string of the molecule is COc1cc(S(=O)(=O)N2C[C@H](CCC(=O)O)Cc3ccc(NC(=O)OC(C)(C)C(F)(F)F)cc32)ccc1F. The van der Waals surface area contributed by atoms with Crippen LogP contribution in [0.3, 0.4) is 0 Å². The van der Waals surface area contributed by atoms with Gasteiger partial charge in [0.2, 0.25) is 5.60 Å². The molecular weight excluding hydrogens is 536 g/mol. The van der Waals surface area contributed by atoms with Crippen molar-refractivity contribution >= 4 is 33.5 Å². The van der Waals surface area contributed by atoms with E-state index in [0.717, 1.165) is 22.5 Å². The number of fused-ring (bicyclic) bond motifs is 1. The molecule has 0 fully saturated rings. The van der Waals surface area contributed by atoms with Gasteiger partial charge in [-0.25, -0.2) is 17.6 Å². The fraction of sp³-hybridized carbons (Fsp3) is 0.417. The minimum Gasteiger partial charge on any atom is -0.494 e. The molecule has 0 unspecified atom stereocenters. The Bertz CT molecular complexity index is 1330. The molecule has 0 radical (unpaired) electrons. The Morgan fingerprint density at radius 1 is 1.16 bits per heavy atom. The van der Waals surface area contributed by atoms with Crippen LogP contribution in [0.2, 0.25) is 0 Å². The Hall–Kier alpha value is -3.55. The van der Waals surface area contributed by atoms with Gasteiger partial charge in [-0.1, -0.05) is 6.07 Å². The van der Waals surface area contributed by atoms with Crippen LogP contribution in [0.25, 0.3) is 0 Å². The fourth-order valence-corrected chi connectivity index (χ4v) is 5.45. The van der Waals surface area contributed by atoms with Crippen LogP contribution in [0.15, 0.2) is 41.3 Å². The zero-order valence-electron chi connectivity index (χ0n) is 20.6. The third-order valence-electron chi connectivity index (χ3n) is 6.04. The van der Waals surface area contributed by atoms with Gasteiger partial charge in [-0.05, 0) is 62.4 Å². The Morgan fingerprint density at radius 3 is 2.45 bits per heavy atom. The molecule has 14 heteroatoms. The Balaban J connectivity index is 1.99. The number of rotatable bonds is 8. The lowest BCUT2D eigenvalue weighted by Crippen LogP contribution is -2.44. The fourth-order valence-electron chi connectivity index (χ4n) is 3.86. The van der Waals surface area contributed by atoms with E-state index >= 15 is 0 Å². The number of amides is 1. The second-order valence-electron chi connectivity index (χ2n) is 9.20. The highest BCUT2D eigenvalue weighted by Crippen LogP contribution is 2.38. The lowest BCUT2D eigenvalue weighted by Gasteiger charge is -2.35. The van der Waals surface area contributed by atoms with E-state index in [-0.39, 0.29) is 47.3 Å². The molecule has 2 N–H and O–H groups in total. The first kappa shape index (κ1) is 29.0. The van der Waals surface area contributed by atoms with E-state index in [1.165, 1.54) is 25.3 Å². The topological polar surface area (TPSA) is 122 Å². The summed E-state index contributed by atoms with van der Waals surface area (Å²) in [7, 11) is -3.17. The third-order valence-corrected chi connectivity index (χ3v) is 7.82. The van der Waals surface area contributed by atoms with Crippen molar-refractivity contribution in [3.63, 3.8) is 0 Å². The zero-order valence-corrected chi connectivity index (χ0v) is 21.5. The predicted molar refractivity (Wildman–Crippen MR) is 128 cm³/mol. The first-order chi connectivity index (χ1) is 17.5. The predicted octanol–water partition coefficient (Wildman–Crippen LogP) is 4.96. The van der Waals surface area contributed by atoms with Crippen molar-refractivity contribution in [1.29, 1.82) is 0 Å². The number of methoxy groups -OCH3 is 1. The van der Waals surface area contributed by atoms with Gasteiger partial charge in [0.25, 0.3) is 10.0 Å². The number of halogens is 4. The van der Waals surface area contributed by atoms with Gasteiger partial charge in [-0.2, -0.15) is 13.2 Å². The Morgan fingerprint density at radius 2 is 1.84 bits per heavy atom. The third kappa shape index (κ3) is 6.29. The number of nitrogens with zero attached hydrogens (tertiary/aromatic N) is 1. The minimum absolute atomic E-state index is 0.0346. The average molecular weight is 563 g/mol. The van der Waals surface area contributed by atoms with E-state index in [1.54, 1.807) is 0 Å². The lowest BCUT2D eigenvalue weighted by molar-refractivity contribution is -0.242. The summed E-state index contributed by atoms with van der Waals surface area (Å²) >= 11 is 0. The Kier molecular flexibility index (Phi) is 8.15. The van der Waals surface area contributed by atoms with Crippen LogP contribution < -0.4 is 14.4 Å². The van der Waals surface area contributed by atoms with Crippen molar-refractivity contribution in [2.75, 3.05) is 23.3 Å². The van der Waals surface area contributed by atoms with Crippen LogP contribution in [-0.2, 0) is 26.0 Å². The Labute approximate surface area is 216 Å². The maximum Gasteiger partial charge on any atom is 0.427 e. The molecule has 2 aromatic carbocycles. The molecule has 2 aromatic rings. The summed E-state index contributed by atoms with van der Waals surface area (Å²) in [6.07, 6.45) is -5.94. The number of nitrogens with one attached hydrogen (secondary N) is 1. The molecule has 9 nitrogen and oxygen atoms in total. The van der Waals surface area contributed by atoms with Gasteiger partial charge in [0, 0.05) is 24.7 Å². The molecule has 0 bridgehead atoms. The van der Waals surface area contributed by atoms with Crippen molar-refractivity contribution in [1.82, 2.24) is 0 Å². The number of carboxylic acid groups (broad SMARTS) is 1. The molecule has 0 aliphatic carbocycles. The summed E-state index contributed by atoms with van der Waals surface area (Å²) in [5, 5.41) is 11.3. The number of sulfonamides is 1. The molecule has 0 aromatic heterocycles. The second kappa shape index (κ2) is 10.7. The van der Waals surface area contributed by atoms with E-state index < -0.39 is 39.7 Å². The molecule has 38 heavy (non-hydrogen) atoms. The number of carbonyl (C=O) groups excluding carboxylic acids is 1. The molecular formula is C24H26F4N2O7S. The summed E-state index contributed by atoms with van der Waals surface area (Å²) < 4.78 is 90.9. The summed E-state index contributed by atoms with van der Waals surface area (Å²) in [6, 6.07) is 7.10. The first-order valence-corrected chi connectivity index (χ1v) is 12.8. The van der Waals surface area contributed by atoms with Crippen LogP contribution >= 0.6 is 0 Å². The quantitative estimate of drug-likeness (QED) is 0.436. The molecule has 1 atom stereocenters. The van der Waals surface area contributed by atoms with Crippen LogP contribution in [0, 0.1) is 11.7 Å². The maximum absolute atomic E-state index is 13.9. The number of anilines is 2. The minimum atomic E-state index is -4.83. The number of aliphatic carboxylic acids is 1. The molecule has 208 valence electrons. The van der Waals surface area contributed by atoms with Crippen molar-refractivity contribution in [3.05, 3.63) is 47.8 Å². The standard InChI is InChI=1S/C24H26F4N2O7S/c1-23(2,24(26,27)28)37-22(33)29-16-6-5-15-10-14(4-9-21(31)32)13-30(19(15)11-16)38(34,35)17-7-8-18(25)20(12-17)36-3/h5-8,11-12,14H,4,9-10,13H2,1-3H3,(H,29,33)(H,31,32)/t14-/m1/s1. The second-order valence-corrected chi connectivity index (χ2v) is 11.1. The highest BCUT2D eigenvalue weighted by Gasteiger charge is 2.51. The largest absolute Gasteiger partial charge is 0.494 e. The van der Waals surface area contributed by atoms with Crippen molar-refractivity contribution in [3.8, 4) is 5.75 Å². The van der Waals surface area contributed by atoms with Crippen LogP contribution in [0.5, 0.6) is 5.75 Å². The number of hydrogen-bond acceptors (Lipinski definition) is 6.